The normalized spacial score (nSPS) is 14.9. The fraction of sp³-hybridized carbons (Fsp3) is 0.444. The van der Waals surface area contributed by atoms with Crippen LogP contribution in [0.5, 0.6) is 0 Å². The molecule has 2 aromatic rings. The van der Waals surface area contributed by atoms with Gasteiger partial charge in [0, 0.05) is 18.8 Å². The highest BCUT2D eigenvalue weighted by Crippen LogP contribution is 2.17. The summed E-state index contributed by atoms with van der Waals surface area (Å²) in [6.07, 6.45) is 3.73. The van der Waals surface area contributed by atoms with Gasteiger partial charge in [0.1, 0.15) is 0 Å². The van der Waals surface area contributed by atoms with Crippen molar-refractivity contribution >= 4 is 18.3 Å². The molecule has 0 unspecified atom stereocenters. The molecule has 1 fully saturated rings. The summed E-state index contributed by atoms with van der Waals surface area (Å²) in [7, 11) is 1.91. The Morgan fingerprint density at radius 1 is 1.29 bits per heavy atom. The van der Waals surface area contributed by atoms with E-state index in [0.29, 0.717) is 18.2 Å². The number of halogens is 1. The van der Waals surface area contributed by atoms with E-state index in [0.717, 1.165) is 31.6 Å². The first kappa shape index (κ1) is 18.5. The van der Waals surface area contributed by atoms with Crippen molar-refractivity contribution < 1.29 is 4.79 Å². The number of aromatic nitrogens is 2. The van der Waals surface area contributed by atoms with Gasteiger partial charge in [-0.3, -0.25) is 9.48 Å². The van der Waals surface area contributed by atoms with Crippen molar-refractivity contribution in [2.45, 2.75) is 32.4 Å². The smallest absolute Gasteiger partial charge is 0.257 e. The first-order valence-corrected chi connectivity index (χ1v) is 8.21. The molecule has 24 heavy (non-hydrogen) atoms. The number of rotatable bonds is 4. The molecule has 1 saturated heterocycles. The molecule has 0 spiro atoms. The average Bonchev–Trinajstić information content (AvgIpc) is 2.96. The number of carbonyl (C=O) groups is 1. The summed E-state index contributed by atoms with van der Waals surface area (Å²) in [4.78, 5) is 14.7. The topological polar surface area (TPSA) is 50.2 Å². The Morgan fingerprint density at radius 3 is 2.62 bits per heavy atom. The van der Waals surface area contributed by atoms with Crippen LogP contribution in [0.3, 0.4) is 0 Å². The predicted molar refractivity (Wildman–Crippen MR) is 97.7 cm³/mol. The van der Waals surface area contributed by atoms with Gasteiger partial charge in [0.25, 0.3) is 5.91 Å². The van der Waals surface area contributed by atoms with Gasteiger partial charge in [0.2, 0.25) is 0 Å². The second-order valence-corrected chi connectivity index (χ2v) is 6.18. The molecule has 6 heteroatoms. The molecule has 1 amide bonds. The third-order valence-corrected chi connectivity index (χ3v) is 4.69. The Labute approximate surface area is 149 Å². The van der Waals surface area contributed by atoms with Crippen molar-refractivity contribution in [3.05, 3.63) is 53.3 Å². The first-order valence-electron chi connectivity index (χ1n) is 8.21. The summed E-state index contributed by atoms with van der Waals surface area (Å²) in [6, 6.07) is 10.5. The molecule has 2 heterocycles. The van der Waals surface area contributed by atoms with Gasteiger partial charge in [-0.05, 0) is 38.4 Å². The highest BCUT2D eigenvalue weighted by Gasteiger charge is 2.25. The molecule has 130 valence electrons. The zero-order valence-corrected chi connectivity index (χ0v) is 15.1. The van der Waals surface area contributed by atoms with Crippen LogP contribution in [0, 0.1) is 6.92 Å². The van der Waals surface area contributed by atoms with Crippen LogP contribution in [0.2, 0.25) is 0 Å². The number of nitrogens with zero attached hydrogens (tertiary/aromatic N) is 3. The van der Waals surface area contributed by atoms with E-state index in [-0.39, 0.29) is 18.3 Å². The van der Waals surface area contributed by atoms with E-state index in [4.69, 9.17) is 0 Å². The fourth-order valence-electron chi connectivity index (χ4n) is 3.12. The van der Waals surface area contributed by atoms with Gasteiger partial charge < -0.3 is 10.2 Å². The van der Waals surface area contributed by atoms with Gasteiger partial charge in [0.05, 0.1) is 18.3 Å². The molecule has 3 rings (SSSR count). The van der Waals surface area contributed by atoms with Gasteiger partial charge in [0.15, 0.2) is 0 Å². The van der Waals surface area contributed by atoms with E-state index in [9.17, 15) is 4.79 Å². The maximum absolute atomic E-state index is 12.8. The molecule has 0 aliphatic carbocycles. The van der Waals surface area contributed by atoms with E-state index in [1.807, 2.05) is 41.8 Å². The molecule has 0 saturated carbocycles. The number of carbonyl (C=O) groups excluding carboxylic acids is 1. The molecule has 0 bridgehead atoms. The van der Waals surface area contributed by atoms with Gasteiger partial charge in [-0.2, -0.15) is 5.10 Å². The van der Waals surface area contributed by atoms with Crippen LogP contribution in [0.4, 0.5) is 0 Å². The molecule has 5 nitrogen and oxygen atoms in total. The standard InChI is InChI=1S/C18H24N4O.ClH/c1-14-17(18(23)21(2)16-8-10-19-11-9-16)12-20-22(14)13-15-6-4-3-5-7-15;/h3-7,12,16,19H,8-11,13H2,1-2H3;1H. The number of benzene rings is 1. The second kappa shape index (κ2) is 8.31. The zero-order chi connectivity index (χ0) is 16.2. The largest absolute Gasteiger partial charge is 0.339 e. The highest BCUT2D eigenvalue weighted by atomic mass is 35.5. The number of piperidine rings is 1. The zero-order valence-electron chi connectivity index (χ0n) is 14.2. The van der Waals surface area contributed by atoms with E-state index in [2.05, 4.69) is 22.5 Å². The third-order valence-electron chi connectivity index (χ3n) is 4.69. The Balaban J connectivity index is 0.00000208. The number of nitrogens with one attached hydrogen (secondary N) is 1. The molecule has 1 aromatic heterocycles. The maximum Gasteiger partial charge on any atom is 0.257 e. The number of amides is 1. The molecule has 0 atom stereocenters. The van der Waals surface area contributed by atoms with Crippen LogP contribution >= 0.6 is 12.4 Å². The van der Waals surface area contributed by atoms with Crippen LogP contribution in [-0.2, 0) is 6.54 Å². The summed E-state index contributed by atoms with van der Waals surface area (Å²) >= 11 is 0. The highest BCUT2D eigenvalue weighted by molar-refractivity contribution is 5.95. The Bertz CT molecular complexity index is 665. The minimum absolute atomic E-state index is 0. The molecular formula is C18H25ClN4O. The third kappa shape index (κ3) is 3.97. The first-order chi connectivity index (χ1) is 11.2. The Morgan fingerprint density at radius 2 is 1.96 bits per heavy atom. The van der Waals surface area contributed by atoms with Crippen LogP contribution in [0.25, 0.3) is 0 Å². The number of hydrogen-bond donors (Lipinski definition) is 1. The molecule has 0 radical (unpaired) electrons. The van der Waals surface area contributed by atoms with E-state index in [1.54, 1.807) is 6.20 Å². The summed E-state index contributed by atoms with van der Waals surface area (Å²) in [5.41, 5.74) is 2.83. The molecule has 1 N–H and O–H groups in total. The average molecular weight is 349 g/mol. The van der Waals surface area contributed by atoms with Gasteiger partial charge >= 0.3 is 0 Å². The second-order valence-electron chi connectivity index (χ2n) is 6.18. The van der Waals surface area contributed by atoms with E-state index in [1.165, 1.54) is 5.56 Å². The summed E-state index contributed by atoms with van der Waals surface area (Å²) in [5.74, 6) is 0.0775. The molecule has 1 aliphatic heterocycles. The van der Waals surface area contributed by atoms with Crippen LogP contribution < -0.4 is 5.32 Å². The van der Waals surface area contributed by atoms with Crippen molar-refractivity contribution in [3.8, 4) is 0 Å². The van der Waals surface area contributed by atoms with E-state index < -0.39 is 0 Å². The Kier molecular flexibility index (Phi) is 6.40. The quantitative estimate of drug-likeness (QED) is 0.923. The SMILES string of the molecule is Cc1c(C(=O)N(C)C2CCNCC2)cnn1Cc1ccccc1.Cl. The number of hydrogen-bond acceptors (Lipinski definition) is 3. The molecular weight excluding hydrogens is 324 g/mol. The lowest BCUT2D eigenvalue weighted by Crippen LogP contribution is -2.44. The van der Waals surface area contributed by atoms with E-state index >= 15 is 0 Å². The van der Waals surface area contributed by atoms with Crippen LogP contribution in [0.15, 0.2) is 36.5 Å². The fourth-order valence-corrected chi connectivity index (χ4v) is 3.12. The van der Waals surface area contributed by atoms with Gasteiger partial charge in [-0.25, -0.2) is 0 Å². The van der Waals surface area contributed by atoms with Crippen LogP contribution in [-0.4, -0.2) is 46.8 Å². The van der Waals surface area contributed by atoms with Crippen molar-refractivity contribution in [2.24, 2.45) is 0 Å². The molecule has 1 aliphatic rings. The predicted octanol–water partition coefficient (Wildman–Crippen LogP) is 2.49. The maximum atomic E-state index is 12.8. The summed E-state index contributed by atoms with van der Waals surface area (Å²) in [5, 5.41) is 7.75. The monoisotopic (exact) mass is 348 g/mol. The van der Waals surface area contributed by atoms with Crippen molar-refractivity contribution in [1.82, 2.24) is 20.0 Å². The molecule has 1 aromatic carbocycles. The van der Waals surface area contributed by atoms with Gasteiger partial charge in [-0.1, -0.05) is 30.3 Å². The minimum Gasteiger partial charge on any atom is -0.339 e. The van der Waals surface area contributed by atoms with Crippen molar-refractivity contribution in [1.29, 1.82) is 0 Å². The Hall–Kier alpha value is -1.85. The lowest BCUT2D eigenvalue weighted by Gasteiger charge is -2.31. The minimum atomic E-state index is 0. The lowest BCUT2D eigenvalue weighted by atomic mass is 10.0. The van der Waals surface area contributed by atoms with Gasteiger partial charge in [-0.15, -0.1) is 12.4 Å². The summed E-state index contributed by atoms with van der Waals surface area (Å²) in [6.45, 7) is 4.62. The lowest BCUT2D eigenvalue weighted by molar-refractivity contribution is 0.0702. The van der Waals surface area contributed by atoms with Crippen LogP contribution in [0.1, 0.15) is 34.5 Å². The van der Waals surface area contributed by atoms with Crippen molar-refractivity contribution in [2.75, 3.05) is 20.1 Å². The summed E-state index contributed by atoms with van der Waals surface area (Å²) < 4.78 is 1.90. The van der Waals surface area contributed by atoms with Crippen molar-refractivity contribution in [3.63, 3.8) is 0 Å².